The summed E-state index contributed by atoms with van der Waals surface area (Å²) in [5.74, 6) is 0. The van der Waals surface area contributed by atoms with Gasteiger partial charge in [-0.1, -0.05) is 0 Å². The lowest BCUT2D eigenvalue weighted by Crippen LogP contribution is -2.17. The summed E-state index contributed by atoms with van der Waals surface area (Å²) in [4.78, 5) is 0. The van der Waals surface area contributed by atoms with Crippen molar-refractivity contribution < 1.29 is 18.2 Å². The fourth-order valence-electron chi connectivity index (χ4n) is 0.695. The highest BCUT2D eigenvalue weighted by Crippen LogP contribution is 2.04. The maximum Gasteiger partial charge on any atom is 0.182 e. The summed E-state index contributed by atoms with van der Waals surface area (Å²) in [5, 5.41) is 0. The first-order chi connectivity index (χ1) is 5.22. The molecule has 2 unspecified atom stereocenters. The molecule has 0 aromatic heterocycles. The molecule has 0 saturated carbocycles. The van der Waals surface area contributed by atoms with Crippen molar-refractivity contribution in [2.45, 2.75) is 18.3 Å². The number of hydrogen-bond donors (Lipinski definition) is 1. The van der Waals surface area contributed by atoms with Crippen molar-refractivity contribution in [2.75, 3.05) is 20.8 Å². The van der Waals surface area contributed by atoms with Crippen LogP contribution in [0.3, 0.4) is 0 Å². The molecule has 0 amide bonds. The SMILES string of the molecule is COCCCC(OC)S(=O)O. The molecule has 0 spiro atoms. The summed E-state index contributed by atoms with van der Waals surface area (Å²) in [5.41, 5.74) is -0.579. The zero-order chi connectivity index (χ0) is 8.69. The maximum absolute atomic E-state index is 10.5. The van der Waals surface area contributed by atoms with Gasteiger partial charge in [-0.15, -0.1) is 0 Å². The van der Waals surface area contributed by atoms with E-state index in [1.165, 1.54) is 7.11 Å². The van der Waals surface area contributed by atoms with Crippen LogP contribution in [0.2, 0.25) is 0 Å². The molecule has 0 radical (unpaired) electrons. The molecule has 68 valence electrons. The molecule has 0 rings (SSSR count). The van der Waals surface area contributed by atoms with E-state index in [-0.39, 0.29) is 0 Å². The lowest BCUT2D eigenvalue weighted by Gasteiger charge is -2.09. The van der Waals surface area contributed by atoms with E-state index in [0.717, 1.165) is 6.42 Å². The molecule has 0 aromatic rings. The number of methoxy groups -OCH3 is 2. The van der Waals surface area contributed by atoms with Crippen molar-refractivity contribution in [3.8, 4) is 0 Å². The van der Waals surface area contributed by atoms with E-state index in [9.17, 15) is 4.21 Å². The first-order valence-electron chi connectivity index (χ1n) is 3.33. The third-order valence-corrected chi connectivity index (χ3v) is 2.15. The van der Waals surface area contributed by atoms with Gasteiger partial charge < -0.3 is 14.0 Å². The van der Waals surface area contributed by atoms with Gasteiger partial charge in [-0.05, 0) is 12.8 Å². The van der Waals surface area contributed by atoms with Crippen LogP contribution in [-0.4, -0.2) is 35.0 Å². The normalized spacial score (nSPS) is 16.3. The second kappa shape index (κ2) is 6.72. The lowest BCUT2D eigenvalue weighted by atomic mass is 10.3. The fraction of sp³-hybridized carbons (Fsp3) is 1.00. The summed E-state index contributed by atoms with van der Waals surface area (Å²) in [6.07, 6.45) is 1.29. The Labute approximate surface area is 69.2 Å². The summed E-state index contributed by atoms with van der Waals surface area (Å²) in [6, 6.07) is 0. The Balaban J connectivity index is 3.44. The third kappa shape index (κ3) is 5.32. The Morgan fingerprint density at radius 3 is 2.55 bits per heavy atom. The summed E-state index contributed by atoms with van der Waals surface area (Å²) >= 11 is -1.88. The average Bonchev–Trinajstić information content (AvgIpc) is 1.97. The predicted octanol–water partition coefficient (Wildman–Crippen LogP) is 0.607. The molecular formula is C6H14O4S. The molecule has 0 aromatic carbocycles. The van der Waals surface area contributed by atoms with Gasteiger partial charge in [-0.3, -0.25) is 0 Å². The Kier molecular flexibility index (Phi) is 6.74. The number of rotatable bonds is 6. The van der Waals surface area contributed by atoms with E-state index in [4.69, 9.17) is 14.0 Å². The Morgan fingerprint density at radius 1 is 1.55 bits per heavy atom. The van der Waals surface area contributed by atoms with Crippen LogP contribution >= 0.6 is 0 Å². The fourth-order valence-corrected chi connectivity index (χ4v) is 1.23. The van der Waals surface area contributed by atoms with Gasteiger partial charge >= 0.3 is 0 Å². The average molecular weight is 182 g/mol. The van der Waals surface area contributed by atoms with Crippen molar-refractivity contribution >= 4 is 11.1 Å². The van der Waals surface area contributed by atoms with E-state index in [0.29, 0.717) is 13.0 Å². The lowest BCUT2D eigenvalue weighted by molar-refractivity contribution is 0.133. The van der Waals surface area contributed by atoms with Gasteiger partial charge in [0.1, 0.15) is 0 Å². The summed E-state index contributed by atoms with van der Waals surface area (Å²) in [6.45, 7) is 0.594. The molecule has 0 bridgehead atoms. The van der Waals surface area contributed by atoms with Gasteiger partial charge in [0.2, 0.25) is 0 Å². The van der Waals surface area contributed by atoms with Crippen LogP contribution in [0.15, 0.2) is 0 Å². The predicted molar refractivity (Wildman–Crippen MR) is 42.7 cm³/mol. The zero-order valence-electron chi connectivity index (χ0n) is 6.78. The smallest absolute Gasteiger partial charge is 0.182 e. The topological polar surface area (TPSA) is 55.8 Å². The van der Waals surface area contributed by atoms with Crippen LogP contribution in [0.1, 0.15) is 12.8 Å². The standard InChI is InChI=1S/C6H14O4S/c1-9-5-3-4-6(10-2)11(7)8/h6H,3-5H2,1-2H3,(H,7,8). The van der Waals surface area contributed by atoms with Gasteiger partial charge in [0.05, 0.1) is 0 Å². The number of ether oxygens (including phenoxy) is 2. The van der Waals surface area contributed by atoms with Crippen molar-refractivity contribution in [2.24, 2.45) is 0 Å². The van der Waals surface area contributed by atoms with Crippen LogP contribution in [0.5, 0.6) is 0 Å². The quantitative estimate of drug-likeness (QED) is 0.483. The highest BCUT2D eigenvalue weighted by Gasteiger charge is 2.12. The highest BCUT2D eigenvalue weighted by atomic mass is 32.2. The monoisotopic (exact) mass is 182 g/mol. The van der Waals surface area contributed by atoms with E-state index >= 15 is 0 Å². The van der Waals surface area contributed by atoms with Crippen LogP contribution in [0.4, 0.5) is 0 Å². The van der Waals surface area contributed by atoms with Gasteiger partial charge in [0.15, 0.2) is 16.5 Å². The molecule has 0 aliphatic heterocycles. The molecule has 0 fully saturated rings. The minimum absolute atomic E-state index is 0.549. The van der Waals surface area contributed by atoms with Crippen LogP contribution < -0.4 is 0 Å². The second-order valence-corrected chi connectivity index (χ2v) is 3.15. The minimum atomic E-state index is -1.88. The molecule has 4 nitrogen and oxygen atoms in total. The van der Waals surface area contributed by atoms with Gasteiger partial charge in [-0.25, -0.2) is 4.21 Å². The Hall–Kier alpha value is 0.0300. The van der Waals surface area contributed by atoms with Gasteiger partial charge in [0, 0.05) is 20.8 Å². The molecule has 5 heteroatoms. The highest BCUT2D eigenvalue weighted by molar-refractivity contribution is 7.79. The van der Waals surface area contributed by atoms with Gasteiger partial charge in [-0.2, -0.15) is 0 Å². The zero-order valence-corrected chi connectivity index (χ0v) is 7.60. The first kappa shape index (κ1) is 11.0. The van der Waals surface area contributed by atoms with Crippen molar-refractivity contribution in [3.05, 3.63) is 0 Å². The molecule has 11 heavy (non-hydrogen) atoms. The Morgan fingerprint density at radius 2 is 2.18 bits per heavy atom. The molecule has 0 saturated heterocycles. The molecule has 2 atom stereocenters. The Bertz CT molecular complexity index is 117. The molecule has 0 aliphatic rings. The molecule has 1 N–H and O–H groups in total. The van der Waals surface area contributed by atoms with Crippen molar-refractivity contribution in [1.29, 1.82) is 0 Å². The van der Waals surface area contributed by atoms with E-state index in [1.807, 2.05) is 0 Å². The first-order valence-corrected chi connectivity index (χ1v) is 4.50. The van der Waals surface area contributed by atoms with Crippen LogP contribution in [0, 0.1) is 0 Å². The van der Waals surface area contributed by atoms with Gasteiger partial charge in [0.25, 0.3) is 0 Å². The van der Waals surface area contributed by atoms with Crippen molar-refractivity contribution in [3.63, 3.8) is 0 Å². The molecule has 0 heterocycles. The van der Waals surface area contributed by atoms with Crippen LogP contribution in [-0.2, 0) is 20.6 Å². The van der Waals surface area contributed by atoms with E-state index < -0.39 is 16.5 Å². The molecule has 0 aliphatic carbocycles. The largest absolute Gasteiger partial charge is 0.385 e. The third-order valence-electron chi connectivity index (χ3n) is 1.28. The van der Waals surface area contributed by atoms with E-state index in [1.54, 1.807) is 7.11 Å². The summed E-state index contributed by atoms with van der Waals surface area (Å²) in [7, 11) is 3.02. The second-order valence-electron chi connectivity index (χ2n) is 2.08. The summed E-state index contributed by atoms with van der Waals surface area (Å²) < 4.78 is 28.6. The van der Waals surface area contributed by atoms with E-state index in [2.05, 4.69) is 0 Å². The minimum Gasteiger partial charge on any atom is -0.385 e. The van der Waals surface area contributed by atoms with Crippen LogP contribution in [0.25, 0.3) is 0 Å². The molecular weight excluding hydrogens is 168 g/mol. The maximum atomic E-state index is 10.5. The number of hydrogen-bond acceptors (Lipinski definition) is 3. The van der Waals surface area contributed by atoms with Crippen molar-refractivity contribution in [1.82, 2.24) is 0 Å².